The van der Waals surface area contributed by atoms with Crippen LogP contribution in [0.15, 0.2) is 24.5 Å². The fraction of sp³-hybridized carbons (Fsp3) is 0.167. The molecule has 0 aliphatic heterocycles. The van der Waals surface area contributed by atoms with E-state index in [1.807, 2.05) is 0 Å². The number of nitrogens with zero attached hydrogens (tertiary/aromatic N) is 2. The number of ether oxygens (including phenoxy) is 1. The van der Waals surface area contributed by atoms with Crippen molar-refractivity contribution in [2.24, 2.45) is 0 Å². The number of imidazole rings is 1. The van der Waals surface area contributed by atoms with E-state index < -0.39 is 17.6 Å². The zero-order chi connectivity index (χ0) is 14.0. The number of benzene rings is 1. The van der Waals surface area contributed by atoms with Crippen molar-refractivity contribution in [2.75, 3.05) is 12.3 Å². The van der Waals surface area contributed by atoms with Crippen LogP contribution in [0.2, 0.25) is 0 Å². The summed E-state index contributed by atoms with van der Waals surface area (Å²) in [7, 11) is 0. The third-order valence-electron chi connectivity index (χ3n) is 2.44. The van der Waals surface area contributed by atoms with Crippen molar-refractivity contribution in [1.29, 1.82) is 0 Å². The highest BCUT2D eigenvalue weighted by Gasteiger charge is 2.19. The van der Waals surface area contributed by atoms with E-state index >= 15 is 0 Å². The predicted molar refractivity (Wildman–Crippen MR) is 63.8 cm³/mol. The average Bonchev–Trinajstić information content (AvgIpc) is 2.74. The van der Waals surface area contributed by atoms with E-state index in [1.54, 1.807) is 6.92 Å². The van der Waals surface area contributed by atoms with E-state index in [9.17, 15) is 13.6 Å². The lowest BCUT2D eigenvalue weighted by Crippen LogP contribution is -2.10. The Balaban J connectivity index is 2.47. The summed E-state index contributed by atoms with van der Waals surface area (Å²) in [6.07, 6.45) is 1.14. The van der Waals surface area contributed by atoms with E-state index in [0.717, 1.165) is 29.1 Å². The summed E-state index contributed by atoms with van der Waals surface area (Å²) >= 11 is 0. The van der Waals surface area contributed by atoms with Crippen molar-refractivity contribution in [2.45, 2.75) is 6.92 Å². The summed E-state index contributed by atoms with van der Waals surface area (Å²) in [5, 5.41) is 0. The molecule has 0 fully saturated rings. The highest BCUT2D eigenvalue weighted by molar-refractivity contribution is 5.92. The summed E-state index contributed by atoms with van der Waals surface area (Å²) in [6.45, 7) is 1.80. The predicted octanol–water partition coefficient (Wildman–Crippen LogP) is 1.91. The van der Waals surface area contributed by atoms with Gasteiger partial charge in [-0.2, -0.15) is 0 Å². The first kappa shape index (κ1) is 13.0. The molecule has 2 rings (SSSR count). The zero-order valence-corrected chi connectivity index (χ0v) is 10.1. The molecule has 0 amide bonds. The molecule has 0 unspecified atom stereocenters. The number of esters is 1. The van der Waals surface area contributed by atoms with Gasteiger partial charge in [-0.15, -0.1) is 0 Å². The second kappa shape index (κ2) is 5.05. The van der Waals surface area contributed by atoms with Gasteiger partial charge in [0.05, 0.1) is 12.3 Å². The second-order valence-corrected chi connectivity index (χ2v) is 3.66. The minimum Gasteiger partial charge on any atom is -0.461 e. The number of anilines is 1. The standard InChI is InChI=1S/C12H11F2N3O2/c1-2-19-12(18)10-11(15)17(6-16-10)9-5-7(13)3-4-8(9)14/h3-6H,2,15H2,1H3. The van der Waals surface area contributed by atoms with Crippen LogP contribution in [0.3, 0.4) is 0 Å². The van der Waals surface area contributed by atoms with E-state index in [0.29, 0.717) is 0 Å². The number of carbonyl (C=O) groups is 1. The molecule has 0 saturated heterocycles. The van der Waals surface area contributed by atoms with Gasteiger partial charge in [0.15, 0.2) is 5.69 Å². The minimum atomic E-state index is -0.712. The molecule has 19 heavy (non-hydrogen) atoms. The first-order chi connectivity index (χ1) is 9.04. The Labute approximate surface area is 107 Å². The first-order valence-corrected chi connectivity index (χ1v) is 5.50. The lowest BCUT2D eigenvalue weighted by Gasteiger charge is -2.07. The fourth-order valence-electron chi connectivity index (χ4n) is 1.58. The summed E-state index contributed by atoms with van der Waals surface area (Å²) in [5.74, 6) is -2.12. The molecule has 0 radical (unpaired) electrons. The molecule has 1 heterocycles. The Morgan fingerprint density at radius 1 is 1.47 bits per heavy atom. The lowest BCUT2D eigenvalue weighted by molar-refractivity contribution is 0.0521. The van der Waals surface area contributed by atoms with E-state index in [2.05, 4.69) is 4.98 Å². The van der Waals surface area contributed by atoms with Gasteiger partial charge in [0.25, 0.3) is 0 Å². The topological polar surface area (TPSA) is 70.1 Å². The van der Waals surface area contributed by atoms with Crippen molar-refractivity contribution in [3.05, 3.63) is 41.9 Å². The molecule has 100 valence electrons. The first-order valence-electron chi connectivity index (χ1n) is 5.50. The molecule has 2 aromatic rings. The Morgan fingerprint density at radius 2 is 2.21 bits per heavy atom. The second-order valence-electron chi connectivity index (χ2n) is 3.66. The molecule has 0 bridgehead atoms. The number of aromatic nitrogens is 2. The monoisotopic (exact) mass is 267 g/mol. The van der Waals surface area contributed by atoms with Crippen LogP contribution < -0.4 is 5.73 Å². The molecule has 0 atom stereocenters. The maximum absolute atomic E-state index is 13.6. The van der Waals surface area contributed by atoms with Gasteiger partial charge in [-0.25, -0.2) is 18.6 Å². The third-order valence-corrected chi connectivity index (χ3v) is 2.44. The molecule has 0 aliphatic rings. The average molecular weight is 267 g/mol. The molecular weight excluding hydrogens is 256 g/mol. The molecule has 1 aromatic heterocycles. The number of rotatable bonds is 3. The van der Waals surface area contributed by atoms with Gasteiger partial charge in [-0.3, -0.25) is 4.57 Å². The van der Waals surface area contributed by atoms with Crippen molar-refractivity contribution in [3.8, 4) is 5.69 Å². The SMILES string of the molecule is CCOC(=O)c1ncn(-c2cc(F)ccc2F)c1N. The van der Waals surface area contributed by atoms with Gasteiger partial charge in [0, 0.05) is 6.07 Å². The number of hydrogen-bond donors (Lipinski definition) is 1. The quantitative estimate of drug-likeness (QED) is 0.862. The molecule has 5 nitrogen and oxygen atoms in total. The van der Waals surface area contributed by atoms with Gasteiger partial charge >= 0.3 is 5.97 Å². The summed E-state index contributed by atoms with van der Waals surface area (Å²) < 4.78 is 32.6. The number of nitrogen functional groups attached to an aromatic ring is 1. The van der Waals surface area contributed by atoms with Crippen molar-refractivity contribution < 1.29 is 18.3 Å². The third kappa shape index (κ3) is 2.40. The van der Waals surface area contributed by atoms with Gasteiger partial charge in [-0.1, -0.05) is 0 Å². The highest BCUT2D eigenvalue weighted by atomic mass is 19.1. The normalized spacial score (nSPS) is 10.5. The summed E-state index contributed by atoms with van der Waals surface area (Å²) in [6, 6.07) is 2.91. The Hall–Kier alpha value is -2.44. The number of carbonyl (C=O) groups excluding carboxylic acids is 1. The van der Waals surface area contributed by atoms with Crippen molar-refractivity contribution >= 4 is 11.8 Å². The van der Waals surface area contributed by atoms with Crippen molar-refractivity contribution in [1.82, 2.24) is 9.55 Å². The number of hydrogen-bond acceptors (Lipinski definition) is 4. The maximum atomic E-state index is 13.6. The fourth-order valence-corrected chi connectivity index (χ4v) is 1.58. The van der Waals surface area contributed by atoms with Crippen LogP contribution in [-0.2, 0) is 4.74 Å². The van der Waals surface area contributed by atoms with E-state index in [-0.39, 0.29) is 23.8 Å². The van der Waals surface area contributed by atoms with Gasteiger partial charge in [-0.05, 0) is 19.1 Å². The van der Waals surface area contributed by atoms with Crippen LogP contribution in [0.1, 0.15) is 17.4 Å². The molecule has 0 aliphatic carbocycles. The number of halogens is 2. The van der Waals surface area contributed by atoms with Crippen LogP contribution in [0, 0.1) is 11.6 Å². The van der Waals surface area contributed by atoms with E-state index in [1.165, 1.54) is 0 Å². The highest BCUT2D eigenvalue weighted by Crippen LogP contribution is 2.21. The van der Waals surface area contributed by atoms with Crippen molar-refractivity contribution in [3.63, 3.8) is 0 Å². The smallest absolute Gasteiger partial charge is 0.360 e. The van der Waals surface area contributed by atoms with Crippen LogP contribution in [0.5, 0.6) is 0 Å². The Morgan fingerprint density at radius 3 is 2.89 bits per heavy atom. The Kier molecular flexibility index (Phi) is 3.46. The molecule has 7 heteroatoms. The van der Waals surface area contributed by atoms with Crippen LogP contribution in [0.25, 0.3) is 5.69 Å². The molecular formula is C12H11F2N3O2. The van der Waals surface area contributed by atoms with Crippen LogP contribution in [-0.4, -0.2) is 22.1 Å². The lowest BCUT2D eigenvalue weighted by atomic mass is 10.3. The molecule has 0 saturated carbocycles. The van der Waals surface area contributed by atoms with E-state index in [4.69, 9.17) is 10.5 Å². The van der Waals surface area contributed by atoms with Gasteiger partial charge in [0.1, 0.15) is 23.8 Å². The van der Waals surface area contributed by atoms with Crippen LogP contribution >= 0.6 is 0 Å². The Bertz CT molecular complexity index is 625. The summed E-state index contributed by atoms with van der Waals surface area (Å²) in [5.41, 5.74) is 5.44. The number of nitrogens with two attached hydrogens (primary N) is 1. The minimum absolute atomic E-state index is 0.108. The van der Waals surface area contributed by atoms with Gasteiger partial charge in [0.2, 0.25) is 0 Å². The summed E-state index contributed by atoms with van der Waals surface area (Å²) in [4.78, 5) is 15.3. The van der Waals surface area contributed by atoms with Crippen LogP contribution in [0.4, 0.5) is 14.6 Å². The van der Waals surface area contributed by atoms with Gasteiger partial charge < -0.3 is 10.5 Å². The largest absolute Gasteiger partial charge is 0.461 e. The molecule has 0 spiro atoms. The zero-order valence-electron chi connectivity index (χ0n) is 10.1. The molecule has 2 N–H and O–H groups in total. The molecule has 1 aromatic carbocycles. The maximum Gasteiger partial charge on any atom is 0.360 e.